The van der Waals surface area contributed by atoms with Crippen molar-refractivity contribution in [1.82, 2.24) is 30.1 Å². The highest BCUT2D eigenvalue weighted by molar-refractivity contribution is 5.59. The number of aryl methyl sites for hydroxylation is 1. The molecule has 26 heavy (non-hydrogen) atoms. The molecule has 0 atom stereocenters. The van der Waals surface area contributed by atoms with E-state index < -0.39 is 0 Å². The van der Waals surface area contributed by atoms with Crippen LogP contribution in [0.4, 0.5) is 5.95 Å². The number of benzene rings is 1. The normalized spacial score (nSPS) is 10.8. The minimum atomic E-state index is 0.516. The maximum absolute atomic E-state index is 4.74. The van der Waals surface area contributed by atoms with E-state index in [0.29, 0.717) is 12.5 Å². The summed E-state index contributed by atoms with van der Waals surface area (Å²) in [5.74, 6) is 0.595. The van der Waals surface area contributed by atoms with Gasteiger partial charge in [-0.1, -0.05) is 28.5 Å². The highest BCUT2D eigenvalue weighted by Crippen LogP contribution is 2.20. The predicted octanol–water partition coefficient (Wildman–Crippen LogP) is 2.66. The smallest absolute Gasteiger partial charge is 0.225 e. The summed E-state index contributed by atoms with van der Waals surface area (Å²) in [6.45, 7) is 2.37. The molecule has 130 valence electrons. The third-order valence-electron chi connectivity index (χ3n) is 4.02. The van der Waals surface area contributed by atoms with Gasteiger partial charge in [-0.3, -0.25) is 0 Å². The second kappa shape index (κ2) is 6.75. The zero-order chi connectivity index (χ0) is 17.9. The molecule has 0 fully saturated rings. The number of rotatable bonds is 5. The van der Waals surface area contributed by atoms with Gasteiger partial charge in [0.2, 0.25) is 5.95 Å². The molecule has 0 bridgehead atoms. The van der Waals surface area contributed by atoms with E-state index in [0.717, 1.165) is 28.3 Å². The number of nitrogens with zero attached hydrogens (tertiary/aromatic N) is 7. The van der Waals surface area contributed by atoms with Crippen LogP contribution in [-0.4, -0.2) is 37.1 Å². The van der Waals surface area contributed by atoms with Crippen LogP contribution < -0.4 is 4.90 Å². The summed E-state index contributed by atoms with van der Waals surface area (Å²) in [5, 5.41) is 12.1. The first kappa shape index (κ1) is 15.9. The fourth-order valence-electron chi connectivity index (χ4n) is 2.56. The molecule has 0 spiro atoms. The van der Waals surface area contributed by atoms with Crippen molar-refractivity contribution in [2.24, 2.45) is 0 Å². The van der Waals surface area contributed by atoms with E-state index in [9.17, 15) is 0 Å². The Morgan fingerprint density at radius 2 is 1.96 bits per heavy atom. The molecular weight excluding hydrogens is 330 g/mol. The average molecular weight is 347 g/mol. The summed E-state index contributed by atoms with van der Waals surface area (Å²) >= 11 is 0. The van der Waals surface area contributed by atoms with Crippen LogP contribution >= 0.6 is 0 Å². The summed E-state index contributed by atoms with van der Waals surface area (Å²) in [7, 11) is 1.90. The Morgan fingerprint density at radius 3 is 2.73 bits per heavy atom. The number of para-hydroxylation sites is 1. The lowest BCUT2D eigenvalue weighted by molar-refractivity contribution is 0.301. The third-order valence-corrected chi connectivity index (χ3v) is 4.02. The van der Waals surface area contributed by atoms with Crippen LogP contribution in [0, 0.1) is 6.92 Å². The maximum Gasteiger partial charge on any atom is 0.225 e. The van der Waals surface area contributed by atoms with Gasteiger partial charge in [0.15, 0.2) is 0 Å². The molecule has 0 saturated heterocycles. The molecular formula is C18H17N7O. The molecule has 4 aromatic rings. The molecule has 3 heterocycles. The van der Waals surface area contributed by atoms with E-state index in [2.05, 4.69) is 25.4 Å². The molecule has 0 saturated carbocycles. The second-order valence-electron chi connectivity index (χ2n) is 5.90. The Balaban J connectivity index is 1.58. The maximum atomic E-state index is 4.74. The van der Waals surface area contributed by atoms with Gasteiger partial charge in [-0.2, -0.15) is 5.10 Å². The molecule has 3 aromatic heterocycles. The van der Waals surface area contributed by atoms with Crippen LogP contribution in [-0.2, 0) is 6.54 Å². The second-order valence-corrected chi connectivity index (χ2v) is 5.90. The van der Waals surface area contributed by atoms with Gasteiger partial charge >= 0.3 is 0 Å². The summed E-state index contributed by atoms with van der Waals surface area (Å²) in [6.07, 6.45) is 5.49. The van der Waals surface area contributed by atoms with Crippen molar-refractivity contribution >= 4 is 5.95 Å². The molecule has 4 rings (SSSR count). The van der Waals surface area contributed by atoms with Crippen molar-refractivity contribution in [2.75, 3.05) is 11.9 Å². The molecule has 0 aliphatic carbocycles. The van der Waals surface area contributed by atoms with Gasteiger partial charge in [0, 0.05) is 25.0 Å². The molecule has 0 unspecified atom stereocenters. The zero-order valence-electron chi connectivity index (χ0n) is 14.4. The topological polar surface area (TPSA) is 85.8 Å². The van der Waals surface area contributed by atoms with Crippen molar-refractivity contribution in [3.63, 3.8) is 0 Å². The highest BCUT2D eigenvalue weighted by Gasteiger charge is 2.13. The fraction of sp³-hybridized carbons (Fsp3) is 0.167. The fourth-order valence-corrected chi connectivity index (χ4v) is 2.56. The monoisotopic (exact) mass is 347 g/mol. The van der Waals surface area contributed by atoms with Crippen LogP contribution in [0.2, 0.25) is 0 Å². The Hall–Kier alpha value is -3.55. The van der Waals surface area contributed by atoms with E-state index >= 15 is 0 Å². The van der Waals surface area contributed by atoms with Crippen molar-refractivity contribution < 1.29 is 4.63 Å². The van der Waals surface area contributed by atoms with Crippen molar-refractivity contribution in [2.45, 2.75) is 13.5 Å². The van der Waals surface area contributed by atoms with Crippen LogP contribution in [0.25, 0.3) is 16.9 Å². The van der Waals surface area contributed by atoms with E-state index in [4.69, 9.17) is 4.63 Å². The van der Waals surface area contributed by atoms with Gasteiger partial charge in [0.05, 0.1) is 24.1 Å². The minimum Gasteiger partial charge on any atom is -0.338 e. The zero-order valence-corrected chi connectivity index (χ0v) is 14.4. The number of hydrogen-bond donors (Lipinski definition) is 0. The minimum absolute atomic E-state index is 0.516. The summed E-state index contributed by atoms with van der Waals surface area (Å²) < 4.78 is 6.57. The van der Waals surface area contributed by atoms with Crippen molar-refractivity contribution in [3.8, 4) is 16.9 Å². The molecule has 0 aliphatic heterocycles. The average Bonchev–Trinajstić information content (AvgIpc) is 3.32. The number of hydrogen-bond acceptors (Lipinski definition) is 7. The Labute approximate surface area is 150 Å². The summed E-state index contributed by atoms with van der Waals surface area (Å²) in [5.41, 5.74) is 4.25. The lowest BCUT2D eigenvalue weighted by Gasteiger charge is -2.15. The van der Waals surface area contributed by atoms with Gasteiger partial charge in [-0.05, 0) is 25.1 Å². The van der Waals surface area contributed by atoms with Gasteiger partial charge < -0.3 is 4.90 Å². The first-order valence-electron chi connectivity index (χ1n) is 8.13. The largest absolute Gasteiger partial charge is 0.338 e. The van der Waals surface area contributed by atoms with E-state index in [1.807, 2.05) is 66.1 Å². The van der Waals surface area contributed by atoms with E-state index in [-0.39, 0.29) is 0 Å². The van der Waals surface area contributed by atoms with Crippen LogP contribution in [0.1, 0.15) is 11.4 Å². The first-order chi connectivity index (χ1) is 12.7. The molecule has 8 nitrogen and oxygen atoms in total. The lowest BCUT2D eigenvalue weighted by Crippen LogP contribution is -2.20. The predicted molar refractivity (Wildman–Crippen MR) is 95.7 cm³/mol. The highest BCUT2D eigenvalue weighted by atomic mass is 16.6. The first-order valence-corrected chi connectivity index (χ1v) is 8.13. The van der Waals surface area contributed by atoms with Crippen LogP contribution in [0.3, 0.4) is 0 Å². The molecule has 0 aliphatic rings. The summed E-state index contributed by atoms with van der Waals surface area (Å²) in [6, 6.07) is 11.8. The number of anilines is 1. The Morgan fingerprint density at radius 1 is 1.12 bits per heavy atom. The molecule has 0 radical (unpaired) electrons. The molecule has 1 aromatic carbocycles. The quantitative estimate of drug-likeness (QED) is 0.548. The van der Waals surface area contributed by atoms with Crippen molar-refractivity contribution in [1.29, 1.82) is 0 Å². The van der Waals surface area contributed by atoms with E-state index in [1.165, 1.54) is 0 Å². The Kier molecular flexibility index (Phi) is 4.14. The molecule has 0 amide bonds. The van der Waals surface area contributed by atoms with Gasteiger partial charge in [0.25, 0.3) is 0 Å². The lowest BCUT2D eigenvalue weighted by atomic mass is 10.2. The van der Waals surface area contributed by atoms with Crippen LogP contribution in [0.15, 0.2) is 59.6 Å². The SMILES string of the molecule is Cc1nonc1CN(C)c1nccc(-c2cnn(-c3ccccc3)c2)n1. The van der Waals surface area contributed by atoms with Crippen molar-refractivity contribution in [3.05, 3.63) is 66.4 Å². The molecule has 8 heteroatoms. The van der Waals surface area contributed by atoms with Crippen LogP contribution in [0.5, 0.6) is 0 Å². The molecule has 0 N–H and O–H groups in total. The third kappa shape index (κ3) is 3.16. The van der Waals surface area contributed by atoms with Gasteiger partial charge in [0.1, 0.15) is 11.4 Å². The number of aromatic nitrogens is 6. The summed E-state index contributed by atoms with van der Waals surface area (Å²) in [4.78, 5) is 10.9. The van der Waals surface area contributed by atoms with Gasteiger partial charge in [-0.15, -0.1) is 0 Å². The van der Waals surface area contributed by atoms with Gasteiger partial charge in [-0.25, -0.2) is 19.3 Å². The van der Waals surface area contributed by atoms with E-state index in [1.54, 1.807) is 12.4 Å². The Bertz CT molecular complexity index is 1010. The standard InChI is InChI=1S/C18H17N7O/c1-13-17(23-26-22-13)12-24(2)18-19-9-8-16(21-18)14-10-20-25(11-14)15-6-4-3-5-7-15/h3-11H,12H2,1-2H3.